The van der Waals surface area contributed by atoms with Crippen LogP contribution in [0.25, 0.3) is 10.9 Å². The number of anilines is 5. The second-order valence-electron chi connectivity index (χ2n) is 6.75. The first-order valence-electron chi connectivity index (χ1n) is 9.10. The molecule has 0 unspecified atom stereocenters. The van der Waals surface area contributed by atoms with Gasteiger partial charge in [0, 0.05) is 16.8 Å². The molecule has 2 aromatic carbocycles. The van der Waals surface area contributed by atoms with Gasteiger partial charge >= 0.3 is 6.18 Å². The van der Waals surface area contributed by atoms with Crippen molar-refractivity contribution in [2.45, 2.75) is 13.1 Å². The predicted octanol–water partition coefficient (Wildman–Crippen LogP) is 6.07. The van der Waals surface area contributed by atoms with Crippen molar-refractivity contribution < 1.29 is 13.2 Å². The molecule has 10 heteroatoms. The lowest BCUT2D eigenvalue weighted by atomic mass is 10.1. The summed E-state index contributed by atoms with van der Waals surface area (Å²) in [5.74, 6) is 0.404. The molecule has 0 spiro atoms. The number of benzene rings is 2. The Kier molecular flexibility index (Phi) is 5.28. The zero-order valence-electron chi connectivity index (χ0n) is 16.1. The molecule has 0 aliphatic rings. The Balaban J connectivity index is 1.68. The molecule has 4 N–H and O–H groups in total. The van der Waals surface area contributed by atoms with Crippen molar-refractivity contribution in [2.75, 3.05) is 16.4 Å². The van der Waals surface area contributed by atoms with Gasteiger partial charge in [0.1, 0.15) is 12.0 Å². The Bertz CT molecular complexity index is 1280. The molecule has 2 aromatic heterocycles. The number of nitrogens with one attached hydrogen (secondary N) is 2. The van der Waals surface area contributed by atoms with Crippen LogP contribution in [0, 0.1) is 6.92 Å². The Morgan fingerprint density at radius 2 is 1.65 bits per heavy atom. The average Bonchev–Trinajstić information content (AvgIpc) is 2.71. The molecule has 2 heterocycles. The number of nitrogens with zero attached hydrogens (tertiary/aromatic N) is 3. The molecule has 0 atom stereocenters. The third-order valence-corrected chi connectivity index (χ3v) is 4.88. The fourth-order valence-electron chi connectivity index (χ4n) is 3.01. The number of pyridine rings is 1. The lowest BCUT2D eigenvalue weighted by Gasteiger charge is -2.15. The van der Waals surface area contributed by atoms with Gasteiger partial charge in [0.05, 0.1) is 21.8 Å². The van der Waals surface area contributed by atoms with Gasteiger partial charge in [0.25, 0.3) is 0 Å². The molecule has 0 aliphatic heterocycles. The molecule has 4 aromatic rings. The molecule has 6 nitrogen and oxygen atoms in total. The van der Waals surface area contributed by atoms with Crippen molar-refractivity contribution in [3.8, 4) is 0 Å². The highest BCUT2D eigenvalue weighted by molar-refractivity contribution is 6.33. The molecule has 31 heavy (non-hydrogen) atoms. The fraction of sp³-hybridized carbons (Fsp3) is 0.0952. The van der Waals surface area contributed by atoms with Crippen LogP contribution in [0.1, 0.15) is 11.3 Å². The number of hydrogen-bond acceptors (Lipinski definition) is 6. The van der Waals surface area contributed by atoms with E-state index in [1.165, 1.54) is 6.33 Å². The number of rotatable bonds is 4. The van der Waals surface area contributed by atoms with Crippen LogP contribution >= 0.6 is 11.6 Å². The van der Waals surface area contributed by atoms with Crippen molar-refractivity contribution in [1.82, 2.24) is 15.0 Å². The van der Waals surface area contributed by atoms with Gasteiger partial charge in [0.15, 0.2) is 11.6 Å². The van der Waals surface area contributed by atoms with E-state index in [2.05, 4.69) is 25.6 Å². The van der Waals surface area contributed by atoms with Crippen LogP contribution in [0.4, 0.5) is 41.9 Å². The van der Waals surface area contributed by atoms with E-state index in [1.807, 2.05) is 37.3 Å². The van der Waals surface area contributed by atoms with Crippen LogP contribution in [0.15, 0.2) is 54.9 Å². The van der Waals surface area contributed by atoms with Crippen molar-refractivity contribution in [3.63, 3.8) is 0 Å². The molecular weight excluding hydrogens is 429 g/mol. The van der Waals surface area contributed by atoms with Gasteiger partial charge in [-0.25, -0.2) is 9.97 Å². The van der Waals surface area contributed by atoms with Gasteiger partial charge < -0.3 is 16.4 Å². The number of aromatic nitrogens is 3. The number of nitrogens with two attached hydrogens (primary N) is 1. The van der Waals surface area contributed by atoms with E-state index in [0.717, 1.165) is 40.5 Å². The molecule has 0 bridgehead atoms. The fourth-order valence-corrected chi connectivity index (χ4v) is 3.18. The largest absolute Gasteiger partial charge is 0.416 e. The SMILES string of the molecule is Cc1ccc2c(Nc3ncnc(Nc4cc(C(F)(F)F)ccc4Cl)c3N)cccc2n1. The summed E-state index contributed by atoms with van der Waals surface area (Å²) in [4.78, 5) is 12.7. The van der Waals surface area contributed by atoms with Crippen molar-refractivity contribution in [2.24, 2.45) is 0 Å². The Morgan fingerprint density at radius 1 is 0.935 bits per heavy atom. The zero-order chi connectivity index (χ0) is 22.2. The summed E-state index contributed by atoms with van der Waals surface area (Å²) in [6.07, 6.45) is -3.26. The number of alkyl halides is 3. The van der Waals surface area contributed by atoms with Gasteiger partial charge in [-0.2, -0.15) is 13.2 Å². The highest BCUT2D eigenvalue weighted by Crippen LogP contribution is 2.36. The van der Waals surface area contributed by atoms with Gasteiger partial charge in [0.2, 0.25) is 0 Å². The van der Waals surface area contributed by atoms with Crippen LogP contribution in [-0.2, 0) is 6.18 Å². The molecule has 0 amide bonds. The summed E-state index contributed by atoms with van der Waals surface area (Å²) in [5.41, 5.74) is 7.89. The average molecular weight is 445 g/mol. The third-order valence-electron chi connectivity index (χ3n) is 4.55. The molecule has 0 aliphatic carbocycles. The second-order valence-corrected chi connectivity index (χ2v) is 7.16. The van der Waals surface area contributed by atoms with Gasteiger partial charge in [-0.15, -0.1) is 0 Å². The monoisotopic (exact) mass is 444 g/mol. The smallest absolute Gasteiger partial charge is 0.393 e. The van der Waals surface area contributed by atoms with Gasteiger partial charge in [-0.1, -0.05) is 17.7 Å². The Hall–Kier alpha value is -3.59. The van der Waals surface area contributed by atoms with E-state index in [-0.39, 0.29) is 28.0 Å². The summed E-state index contributed by atoms with van der Waals surface area (Å²) < 4.78 is 39.1. The van der Waals surface area contributed by atoms with Gasteiger partial charge in [-0.05, 0) is 49.4 Å². The Labute approximate surface area is 180 Å². The van der Waals surface area contributed by atoms with Crippen molar-refractivity contribution in [3.05, 3.63) is 71.1 Å². The molecular formula is C21H16ClF3N6. The van der Waals surface area contributed by atoms with E-state index in [9.17, 15) is 13.2 Å². The molecule has 0 saturated carbocycles. The second kappa shape index (κ2) is 7.92. The van der Waals surface area contributed by atoms with Crippen LogP contribution in [0.2, 0.25) is 5.02 Å². The first-order chi connectivity index (χ1) is 14.7. The minimum absolute atomic E-state index is 0.0256. The van der Waals surface area contributed by atoms with Crippen molar-refractivity contribution >= 4 is 51.2 Å². The maximum Gasteiger partial charge on any atom is 0.416 e. The lowest BCUT2D eigenvalue weighted by Crippen LogP contribution is -2.08. The molecule has 0 saturated heterocycles. The third kappa shape index (κ3) is 4.31. The maximum absolute atomic E-state index is 13.0. The summed E-state index contributed by atoms with van der Waals surface area (Å²) in [5, 5.41) is 6.86. The summed E-state index contributed by atoms with van der Waals surface area (Å²) in [6, 6.07) is 12.4. The van der Waals surface area contributed by atoms with E-state index in [1.54, 1.807) is 0 Å². The van der Waals surface area contributed by atoms with E-state index < -0.39 is 11.7 Å². The summed E-state index contributed by atoms with van der Waals surface area (Å²) >= 11 is 6.06. The predicted molar refractivity (Wildman–Crippen MR) is 116 cm³/mol. The highest BCUT2D eigenvalue weighted by Gasteiger charge is 2.31. The summed E-state index contributed by atoms with van der Waals surface area (Å²) in [7, 11) is 0. The number of fused-ring (bicyclic) bond motifs is 1. The maximum atomic E-state index is 13.0. The Morgan fingerprint density at radius 3 is 2.35 bits per heavy atom. The molecule has 0 radical (unpaired) electrons. The van der Waals surface area contributed by atoms with E-state index in [4.69, 9.17) is 17.3 Å². The quantitative estimate of drug-likeness (QED) is 0.354. The van der Waals surface area contributed by atoms with Crippen LogP contribution < -0.4 is 16.4 Å². The van der Waals surface area contributed by atoms with E-state index in [0.29, 0.717) is 0 Å². The molecule has 4 rings (SSSR count). The standard InChI is InChI=1S/C21H16ClF3N6/c1-11-5-7-13-15(29-11)3-2-4-16(13)30-19-18(26)20(28-10-27-19)31-17-9-12(21(23,24)25)6-8-14(17)22/h2-10H,26H2,1H3,(H2,27,28,30,31). The number of hydrogen-bond donors (Lipinski definition) is 3. The van der Waals surface area contributed by atoms with Crippen molar-refractivity contribution in [1.29, 1.82) is 0 Å². The number of aryl methyl sites for hydroxylation is 1. The first kappa shape index (κ1) is 20.7. The lowest BCUT2D eigenvalue weighted by molar-refractivity contribution is -0.137. The number of nitrogen functional groups attached to an aromatic ring is 1. The first-order valence-corrected chi connectivity index (χ1v) is 9.48. The van der Waals surface area contributed by atoms with Crippen LogP contribution in [0.5, 0.6) is 0 Å². The minimum Gasteiger partial charge on any atom is -0.393 e. The molecule has 158 valence electrons. The normalized spacial score (nSPS) is 11.5. The highest BCUT2D eigenvalue weighted by atomic mass is 35.5. The van der Waals surface area contributed by atoms with E-state index >= 15 is 0 Å². The molecule has 0 fully saturated rings. The summed E-state index contributed by atoms with van der Waals surface area (Å²) in [6.45, 7) is 1.90. The zero-order valence-corrected chi connectivity index (χ0v) is 16.9. The topological polar surface area (TPSA) is 88.8 Å². The minimum atomic E-state index is -4.51. The van der Waals surface area contributed by atoms with Crippen LogP contribution in [-0.4, -0.2) is 15.0 Å². The van der Waals surface area contributed by atoms with Crippen LogP contribution in [0.3, 0.4) is 0 Å². The number of halogens is 4. The van der Waals surface area contributed by atoms with Gasteiger partial charge in [-0.3, -0.25) is 4.98 Å².